The molecule has 0 amide bonds. The summed E-state index contributed by atoms with van der Waals surface area (Å²) in [6, 6.07) is 1.84. The van der Waals surface area contributed by atoms with Crippen molar-refractivity contribution >= 4 is 22.6 Å². The van der Waals surface area contributed by atoms with Crippen LogP contribution in [-0.2, 0) is 13.5 Å². The highest BCUT2D eigenvalue weighted by molar-refractivity contribution is 14.1. The maximum absolute atomic E-state index is 11.9. The number of nitrogens with one attached hydrogen (secondary N) is 1. The van der Waals surface area contributed by atoms with E-state index in [1.807, 2.05) is 41.9 Å². The number of hydrogen-bond donors (Lipinski definition) is 1. The molecule has 0 aliphatic carbocycles. The predicted molar refractivity (Wildman–Crippen MR) is 78.3 cm³/mol. The minimum Gasteiger partial charge on any atom is -0.304 e. The van der Waals surface area contributed by atoms with E-state index in [0.717, 1.165) is 12.1 Å². The highest BCUT2D eigenvalue weighted by Gasteiger charge is 2.12. The van der Waals surface area contributed by atoms with Crippen molar-refractivity contribution in [2.75, 3.05) is 0 Å². The van der Waals surface area contributed by atoms with E-state index in [1.54, 1.807) is 4.68 Å². The Hall–Kier alpha value is -1.18. The average molecular weight is 358 g/mol. The zero-order chi connectivity index (χ0) is 13.3. The fraction of sp³-hybridized carbons (Fsp3) is 0.417. The van der Waals surface area contributed by atoms with E-state index >= 15 is 0 Å². The summed E-state index contributed by atoms with van der Waals surface area (Å²) in [6.07, 6.45) is 2.62. The number of aromatic amines is 1. The maximum Gasteiger partial charge on any atom is 0.264 e. The van der Waals surface area contributed by atoms with Crippen molar-refractivity contribution in [1.82, 2.24) is 19.7 Å². The summed E-state index contributed by atoms with van der Waals surface area (Å²) in [5.74, 6) is 1.00. The molecule has 0 aliphatic heterocycles. The van der Waals surface area contributed by atoms with Gasteiger partial charge < -0.3 is 4.98 Å². The Balaban J connectivity index is 2.50. The Morgan fingerprint density at radius 2 is 2.22 bits per heavy atom. The van der Waals surface area contributed by atoms with Gasteiger partial charge in [-0.05, 0) is 41.0 Å². The van der Waals surface area contributed by atoms with Crippen molar-refractivity contribution in [3.05, 3.63) is 31.9 Å². The number of aromatic nitrogens is 4. The van der Waals surface area contributed by atoms with Crippen LogP contribution in [-0.4, -0.2) is 19.7 Å². The summed E-state index contributed by atoms with van der Waals surface area (Å²) in [7, 11) is 1.84. The van der Waals surface area contributed by atoms with E-state index in [0.29, 0.717) is 21.0 Å². The lowest BCUT2D eigenvalue weighted by molar-refractivity contribution is 0.630. The number of rotatable bonds is 3. The Labute approximate surface area is 119 Å². The first-order valence-corrected chi connectivity index (χ1v) is 6.84. The van der Waals surface area contributed by atoms with Crippen LogP contribution in [0.2, 0.25) is 0 Å². The summed E-state index contributed by atoms with van der Waals surface area (Å²) >= 11 is 2.05. The number of hydrogen-bond acceptors (Lipinski definition) is 3. The molecule has 0 unspecified atom stereocenters. The molecular formula is C12H15IN4O. The van der Waals surface area contributed by atoms with Crippen molar-refractivity contribution in [2.24, 2.45) is 13.0 Å². The Bertz CT molecular complexity index is 615. The van der Waals surface area contributed by atoms with Crippen LogP contribution in [0.5, 0.6) is 0 Å². The van der Waals surface area contributed by atoms with Crippen molar-refractivity contribution in [3.8, 4) is 11.5 Å². The maximum atomic E-state index is 11.9. The second-order valence-electron chi connectivity index (χ2n) is 4.65. The van der Waals surface area contributed by atoms with Gasteiger partial charge in [0.2, 0.25) is 0 Å². The standard InChI is InChI=1S/C12H15IN4O/c1-7(2)6-9-10(13)12(18)15-11(14-9)8-4-5-17(3)16-8/h4-5,7H,6H2,1-3H3,(H,14,15,18). The monoisotopic (exact) mass is 358 g/mol. The lowest BCUT2D eigenvalue weighted by Gasteiger charge is -2.07. The molecule has 0 saturated heterocycles. The van der Waals surface area contributed by atoms with Crippen LogP contribution >= 0.6 is 22.6 Å². The first kappa shape index (κ1) is 13.3. The molecule has 0 aliphatic rings. The minimum absolute atomic E-state index is 0.0955. The molecule has 18 heavy (non-hydrogen) atoms. The molecule has 2 aromatic heterocycles. The fourth-order valence-electron chi connectivity index (χ4n) is 1.69. The normalized spacial score (nSPS) is 11.2. The Morgan fingerprint density at radius 3 is 2.78 bits per heavy atom. The van der Waals surface area contributed by atoms with Gasteiger partial charge in [-0.15, -0.1) is 0 Å². The number of H-pyrrole nitrogens is 1. The third kappa shape index (κ3) is 2.80. The summed E-state index contributed by atoms with van der Waals surface area (Å²) in [5.41, 5.74) is 1.44. The first-order valence-electron chi connectivity index (χ1n) is 5.76. The average Bonchev–Trinajstić information content (AvgIpc) is 2.70. The Kier molecular flexibility index (Phi) is 3.84. The highest BCUT2D eigenvalue weighted by atomic mass is 127. The van der Waals surface area contributed by atoms with E-state index in [-0.39, 0.29) is 5.56 Å². The lowest BCUT2D eigenvalue weighted by Crippen LogP contribution is -2.17. The molecule has 5 nitrogen and oxygen atoms in total. The van der Waals surface area contributed by atoms with Gasteiger partial charge in [-0.3, -0.25) is 9.48 Å². The van der Waals surface area contributed by atoms with Gasteiger partial charge in [-0.25, -0.2) is 4.98 Å². The van der Waals surface area contributed by atoms with E-state index in [9.17, 15) is 4.79 Å². The summed E-state index contributed by atoms with van der Waals surface area (Å²) in [5, 5.41) is 4.25. The van der Waals surface area contributed by atoms with E-state index in [4.69, 9.17) is 0 Å². The number of halogens is 1. The second kappa shape index (κ2) is 5.21. The highest BCUT2D eigenvalue weighted by Crippen LogP contribution is 2.15. The van der Waals surface area contributed by atoms with Crippen molar-refractivity contribution in [3.63, 3.8) is 0 Å². The quantitative estimate of drug-likeness (QED) is 0.854. The third-order valence-electron chi connectivity index (χ3n) is 2.49. The first-order chi connectivity index (χ1) is 8.47. The predicted octanol–water partition coefficient (Wildman–Crippen LogP) is 1.97. The van der Waals surface area contributed by atoms with Gasteiger partial charge in [-0.1, -0.05) is 13.8 Å². The molecule has 6 heteroatoms. The zero-order valence-electron chi connectivity index (χ0n) is 10.6. The number of aryl methyl sites for hydroxylation is 1. The summed E-state index contributed by atoms with van der Waals surface area (Å²) in [4.78, 5) is 19.2. The smallest absolute Gasteiger partial charge is 0.264 e. The summed E-state index contributed by atoms with van der Waals surface area (Å²) < 4.78 is 2.36. The molecule has 1 N–H and O–H groups in total. The molecule has 2 rings (SSSR count). The molecule has 0 bridgehead atoms. The van der Waals surface area contributed by atoms with Crippen LogP contribution in [0, 0.1) is 9.49 Å². The molecule has 0 saturated carbocycles. The van der Waals surface area contributed by atoms with Crippen LogP contribution in [0.25, 0.3) is 11.5 Å². The van der Waals surface area contributed by atoms with E-state index < -0.39 is 0 Å². The van der Waals surface area contributed by atoms with E-state index in [2.05, 4.69) is 28.9 Å². The second-order valence-corrected chi connectivity index (χ2v) is 5.73. The van der Waals surface area contributed by atoms with Crippen LogP contribution in [0.3, 0.4) is 0 Å². The van der Waals surface area contributed by atoms with Crippen LogP contribution in [0.1, 0.15) is 19.5 Å². The van der Waals surface area contributed by atoms with Gasteiger partial charge in [0.25, 0.3) is 5.56 Å². The van der Waals surface area contributed by atoms with Crippen molar-refractivity contribution in [2.45, 2.75) is 20.3 Å². The molecule has 0 spiro atoms. The van der Waals surface area contributed by atoms with Gasteiger partial charge in [0.15, 0.2) is 5.82 Å². The third-order valence-corrected chi connectivity index (χ3v) is 3.60. The SMILES string of the molecule is CC(C)Cc1nc(-c2ccn(C)n2)[nH]c(=O)c1I. The molecule has 96 valence electrons. The van der Waals surface area contributed by atoms with Gasteiger partial charge in [-0.2, -0.15) is 5.10 Å². The van der Waals surface area contributed by atoms with Crippen LogP contribution in [0.15, 0.2) is 17.1 Å². The molecule has 0 aromatic carbocycles. The summed E-state index contributed by atoms with van der Waals surface area (Å²) in [6.45, 7) is 4.22. The lowest BCUT2D eigenvalue weighted by atomic mass is 10.1. The molecule has 2 heterocycles. The van der Waals surface area contributed by atoms with Crippen LogP contribution < -0.4 is 5.56 Å². The molecular weight excluding hydrogens is 343 g/mol. The molecule has 2 aromatic rings. The number of nitrogens with zero attached hydrogens (tertiary/aromatic N) is 3. The largest absolute Gasteiger partial charge is 0.304 e. The van der Waals surface area contributed by atoms with Gasteiger partial charge >= 0.3 is 0 Å². The molecule has 0 atom stereocenters. The van der Waals surface area contributed by atoms with Gasteiger partial charge in [0.05, 0.1) is 9.26 Å². The van der Waals surface area contributed by atoms with Crippen molar-refractivity contribution in [1.29, 1.82) is 0 Å². The fourth-order valence-corrected chi connectivity index (χ4v) is 2.17. The topological polar surface area (TPSA) is 63.6 Å². The zero-order valence-corrected chi connectivity index (χ0v) is 12.7. The van der Waals surface area contributed by atoms with Crippen LogP contribution in [0.4, 0.5) is 0 Å². The Morgan fingerprint density at radius 1 is 1.50 bits per heavy atom. The van der Waals surface area contributed by atoms with E-state index in [1.165, 1.54) is 0 Å². The molecule has 0 fully saturated rings. The van der Waals surface area contributed by atoms with Crippen molar-refractivity contribution < 1.29 is 0 Å². The van der Waals surface area contributed by atoms with Gasteiger partial charge in [0, 0.05) is 13.2 Å². The van der Waals surface area contributed by atoms with Gasteiger partial charge in [0.1, 0.15) is 5.69 Å². The minimum atomic E-state index is -0.0955. The molecule has 0 radical (unpaired) electrons.